The van der Waals surface area contributed by atoms with E-state index >= 15 is 0 Å². The molecule has 36 heavy (non-hydrogen) atoms. The van der Waals surface area contributed by atoms with Crippen molar-refractivity contribution in [2.45, 2.75) is 57.5 Å². The number of carbonyl (C=O) groups is 3. The highest BCUT2D eigenvalue weighted by molar-refractivity contribution is 6.07. The molecule has 0 unspecified atom stereocenters. The first-order valence-corrected chi connectivity index (χ1v) is 12.3. The Morgan fingerprint density at radius 3 is 2.69 bits per heavy atom. The van der Waals surface area contributed by atoms with E-state index < -0.39 is 23.3 Å². The molecule has 3 aliphatic heterocycles. The standard InChI is InChI=1S/C28H29FN4O3/c1-27(2,3)14-23(32-12-11-18-19(24(32)34)7-6-9-21(18)29)25(35)33-16-28(13-17(33)15-30)20-8-4-5-10-22(20)31-26(28)36/h4-10,17,23H,11-14,16H2,1-3H3,(H,31,36)/t17-,23-,28-/m0/s1. The lowest BCUT2D eigenvalue weighted by Gasteiger charge is -2.39. The molecule has 3 atom stereocenters. The van der Waals surface area contributed by atoms with Crippen molar-refractivity contribution < 1.29 is 18.8 Å². The summed E-state index contributed by atoms with van der Waals surface area (Å²) in [5.41, 5.74) is 0.822. The summed E-state index contributed by atoms with van der Waals surface area (Å²) in [7, 11) is 0. The predicted octanol–water partition coefficient (Wildman–Crippen LogP) is 3.64. The lowest BCUT2D eigenvalue weighted by Crippen LogP contribution is -2.55. The van der Waals surface area contributed by atoms with Crippen LogP contribution in [0, 0.1) is 22.6 Å². The Balaban J connectivity index is 1.51. The van der Waals surface area contributed by atoms with E-state index in [9.17, 15) is 24.0 Å². The summed E-state index contributed by atoms with van der Waals surface area (Å²) in [6.07, 6.45) is 0.873. The van der Waals surface area contributed by atoms with E-state index in [0.717, 1.165) is 5.56 Å². The molecule has 5 rings (SSSR count). The largest absolute Gasteiger partial charge is 0.326 e. The smallest absolute Gasteiger partial charge is 0.254 e. The Bertz CT molecular complexity index is 1310. The zero-order valence-electron chi connectivity index (χ0n) is 20.7. The van der Waals surface area contributed by atoms with Crippen molar-refractivity contribution in [1.29, 1.82) is 5.26 Å². The molecular formula is C28H29FN4O3. The molecule has 3 aliphatic rings. The summed E-state index contributed by atoms with van der Waals surface area (Å²) >= 11 is 0. The van der Waals surface area contributed by atoms with Gasteiger partial charge in [0.15, 0.2) is 0 Å². The van der Waals surface area contributed by atoms with Crippen molar-refractivity contribution in [3.63, 3.8) is 0 Å². The van der Waals surface area contributed by atoms with Crippen LogP contribution in [-0.2, 0) is 21.4 Å². The summed E-state index contributed by atoms with van der Waals surface area (Å²) < 4.78 is 14.4. The Labute approximate surface area is 209 Å². The number of carbonyl (C=O) groups excluding carboxylic acids is 3. The lowest BCUT2D eigenvalue weighted by atomic mass is 9.80. The van der Waals surface area contributed by atoms with E-state index in [2.05, 4.69) is 11.4 Å². The van der Waals surface area contributed by atoms with Crippen molar-refractivity contribution in [3.8, 4) is 6.07 Å². The average Bonchev–Trinajstić information content (AvgIpc) is 3.36. The van der Waals surface area contributed by atoms with E-state index in [-0.39, 0.29) is 48.2 Å². The maximum Gasteiger partial charge on any atom is 0.254 e. The van der Waals surface area contributed by atoms with Crippen LogP contribution in [0.2, 0.25) is 0 Å². The van der Waals surface area contributed by atoms with Crippen LogP contribution in [-0.4, -0.2) is 52.7 Å². The summed E-state index contributed by atoms with van der Waals surface area (Å²) in [4.78, 5) is 43.8. The molecule has 0 aromatic heterocycles. The molecule has 1 fully saturated rings. The molecule has 0 aliphatic carbocycles. The molecule has 186 valence electrons. The third kappa shape index (κ3) is 3.74. The number of hydrogen-bond acceptors (Lipinski definition) is 4. The molecule has 1 N–H and O–H groups in total. The van der Waals surface area contributed by atoms with Crippen molar-refractivity contribution in [2.75, 3.05) is 18.4 Å². The van der Waals surface area contributed by atoms with Gasteiger partial charge in [-0.2, -0.15) is 5.26 Å². The second-order valence-corrected chi connectivity index (χ2v) is 11.2. The van der Waals surface area contributed by atoms with Gasteiger partial charge in [0, 0.05) is 36.3 Å². The molecule has 1 spiro atoms. The maximum absolute atomic E-state index is 14.4. The number of nitrogens with zero attached hydrogens (tertiary/aromatic N) is 3. The molecule has 0 radical (unpaired) electrons. The van der Waals surface area contributed by atoms with Crippen molar-refractivity contribution in [1.82, 2.24) is 9.80 Å². The Morgan fingerprint density at radius 1 is 1.22 bits per heavy atom. The van der Waals surface area contributed by atoms with Gasteiger partial charge in [0.2, 0.25) is 11.8 Å². The zero-order chi connectivity index (χ0) is 25.8. The zero-order valence-corrected chi connectivity index (χ0v) is 20.7. The monoisotopic (exact) mass is 488 g/mol. The molecule has 0 bridgehead atoms. The third-order valence-corrected chi connectivity index (χ3v) is 7.60. The first-order chi connectivity index (χ1) is 17.1. The second-order valence-electron chi connectivity index (χ2n) is 11.2. The van der Waals surface area contributed by atoms with Gasteiger partial charge >= 0.3 is 0 Å². The first-order valence-electron chi connectivity index (χ1n) is 12.3. The van der Waals surface area contributed by atoms with Crippen LogP contribution in [0.1, 0.15) is 55.1 Å². The van der Waals surface area contributed by atoms with Gasteiger partial charge in [-0.3, -0.25) is 14.4 Å². The van der Waals surface area contributed by atoms with Gasteiger partial charge in [0.25, 0.3) is 5.91 Å². The van der Waals surface area contributed by atoms with Gasteiger partial charge in [0.1, 0.15) is 17.9 Å². The van der Waals surface area contributed by atoms with Gasteiger partial charge in [-0.05, 0) is 42.0 Å². The van der Waals surface area contributed by atoms with Gasteiger partial charge in [0.05, 0.1) is 11.5 Å². The van der Waals surface area contributed by atoms with Crippen LogP contribution in [0.25, 0.3) is 0 Å². The fraction of sp³-hybridized carbons (Fsp3) is 0.429. The number of halogens is 1. The van der Waals surface area contributed by atoms with Crippen LogP contribution in [0.4, 0.5) is 10.1 Å². The Kier molecular flexibility index (Phi) is 5.62. The molecular weight excluding hydrogens is 459 g/mol. The number of benzene rings is 2. The van der Waals surface area contributed by atoms with Crippen molar-refractivity contribution >= 4 is 23.4 Å². The topological polar surface area (TPSA) is 93.5 Å². The molecule has 1 saturated heterocycles. The quantitative estimate of drug-likeness (QED) is 0.714. The Morgan fingerprint density at radius 2 is 1.97 bits per heavy atom. The van der Waals surface area contributed by atoms with E-state index in [1.807, 2.05) is 45.0 Å². The number of rotatable bonds is 3. The van der Waals surface area contributed by atoms with E-state index in [4.69, 9.17) is 0 Å². The van der Waals surface area contributed by atoms with Crippen molar-refractivity contribution in [3.05, 3.63) is 65.0 Å². The average molecular weight is 489 g/mol. The molecule has 3 amide bonds. The highest BCUT2D eigenvalue weighted by Crippen LogP contribution is 2.46. The number of anilines is 1. The van der Waals surface area contributed by atoms with Gasteiger partial charge in [-0.15, -0.1) is 0 Å². The number of hydrogen-bond donors (Lipinski definition) is 1. The SMILES string of the molecule is CC(C)(C)C[C@@H](C(=O)N1C[C@]2(C[C@H]1C#N)C(=O)Nc1ccccc12)N1CCc2c(F)cccc2C1=O. The molecule has 8 heteroatoms. The number of nitriles is 1. The minimum atomic E-state index is -0.999. The van der Waals surface area contributed by atoms with Crippen LogP contribution in [0.15, 0.2) is 42.5 Å². The summed E-state index contributed by atoms with van der Waals surface area (Å²) in [5, 5.41) is 12.9. The minimum Gasteiger partial charge on any atom is -0.326 e. The number of fused-ring (bicyclic) bond motifs is 3. The molecule has 2 aromatic rings. The van der Waals surface area contributed by atoms with Crippen LogP contribution in [0.3, 0.4) is 0 Å². The van der Waals surface area contributed by atoms with Gasteiger partial charge in [-0.25, -0.2) is 4.39 Å². The van der Waals surface area contributed by atoms with Crippen molar-refractivity contribution in [2.24, 2.45) is 5.41 Å². The number of para-hydroxylation sites is 1. The molecule has 3 heterocycles. The lowest BCUT2D eigenvalue weighted by molar-refractivity contribution is -0.137. The van der Waals surface area contributed by atoms with Gasteiger partial charge in [-0.1, -0.05) is 45.0 Å². The van der Waals surface area contributed by atoms with E-state index in [0.29, 0.717) is 24.1 Å². The van der Waals surface area contributed by atoms with Crippen LogP contribution < -0.4 is 5.32 Å². The van der Waals surface area contributed by atoms with E-state index in [1.165, 1.54) is 21.9 Å². The highest BCUT2D eigenvalue weighted by atomic mass is 19.1. The minimum absolute atomic E-state index is 0.0702. The van der Waals surface area contributed by atoms with Crippen LogP contribution >= 0.6 is 0 Å². The number of likely N-dealkylation sites (tertiary alicyclic amines) is 1. The third-order valence-electron chi connectivity index (χ3n) is 7.60. The molecule has 2 aromatic carbocycles. The number of nitrogens with one attached hydrogen (secondary N) is 1. The highest BCUT2D eigenvalue weighted by Gasteiger charge is 2.57. The fourth-order valence-electron chi connectivity index (χ4n) is 5.89. The second kappa shape index (κ2) is 8.44. The predicted molar refractivity (Wildman–Crippen MR) is 131 cm³/mol. The first kappa shape index (κ1) is 24.0. The van der Waals surface area contributed by atoms with E-state index in [1.54, 1.807) is 6.07 Å². The number of amides is 3. The summed E-state index contributed by atoms with van der Waals surface area (Å²) in [6.45, 7) is 6.25. The summed E-state index contributed by atoms with van der Waals surface area (Å²) in [6, 6.07) is 12.4. The Hall–Kier alpha value is -3.73. The summed E-state index contributed by atoms with van der Waals surface area (Å²) in [5.74, 6) is -1.37. The maximum atomic E-state index is 14.4. The fourth-order valence-corrected chi connectivity index (χ4v) is 5.89. The molecule has 0 saturated carbocycles. The molecule has 7 nitrogen and oxygen atoms in total. The van der Waals surface area contributed by atoms with Gasteiger partial charge < -0.3 is 15.1 Å². The van der Waals surface area contributed by atoms with Crippen LogP contribution in [0.5, 0.6) is 0 Å². The normalized spacial score (nSPS) is 23.8.